The lowest BCUT2D eigenvalue weighted by Crippen LogP contribution is -2.06. The van der Waals surface area contributed by atoms with Crippen molar-refractivity contribution in [3.8, 4) is 5.75 Å². The van der Waals surface area contributed by atoms with Crippen molar-refractivity contribution in [2.24, 2.45) is 5.73 Å². The molecule has 5 heteroatoms. The van der Waals surface area contributed by atoms with E-state index in [4.69, 9.17) is 15.4 Å². The number of rotatable bonds is 3. The van der Waals surface area contributed by atoms with Crippen LogP contribution in [0.15, 0.2) is 24.3 Å². The third-order valence-electron chi connectivity index (χ3n) is 1.50. The summed E-state index contributed by atoms with van der Waals surface area (Å²) in [4.78, 5) is 8.68. The van der Waals surface area contributed by atoms with Gasteiger partial charge in [0.25, 0.3) is 0 Å². The highest BCUT2D eigenvalue weighted by Gasteiger charge is 2.14. The predicted molar refractivity (Wildman–Crippen MR) is 65.8 cm³/mol. The van der Waals surface area contributed by atoms with Gasteiger partial charge in [0.05, 0.1) is 7.11 Å². The van der Waals surface area contributed by atoms with Gasteiger partial charge in [-0.1, -0.05) is 32.0 Å². The first kappa shape index (κ1) is 15.0. The maximum Gasteiger partial charge on any atom is 0.510 e. The summed E-state index contributed by atoms with van der Waals surface area (Å²) in [6, 6.07) is 7.53. The highest BCUT2D eigenvalue weighted by molar-refractivity contribution is 7.37. The third kappa shape index (κ3) is 7.35. The second kappa shape index (κ2) is 8.22. The Kier molecular flexibility index (Phi) is 7.73. The highest BCUT2D eigenvalue weighted by Crippen LogP contribution is 2.27. The van der Waals surface area contributed by atoms with Crippen LogP contribution < -0.4 is 10.5 Å². The number of hydrogen-bond donors (Lipinski definition) is 2. The molecule has 16 heavy (non-hydrogen) atoms. The smallest absolute Gasteiger partial charge is 0.496 e. The van der Waals surface area contributed by atoms with E-state index in [0.29, 0.717) is 11.8 Å². The molecule has 0 fully saturated rings. The number of para-hydroxylation sites is 1. The Morgan fingerprint density at radius 1 is 1.44 bits per heavy atom. The molecular weight excluding hydrogens is 225 g/mol. The summed E-state index contributed by atoms with van der Waals surface area (Å²) in [5.41, 5.74) is 5.88. The Morgan fingerprint density at radius 2 is 1.94 bits per heavy atom. The Labute approximate surface area is 97.3 Å². The van der Waals surface area contributed by atoms with Crippen molar-refractivity contribution in [1.29, 1.82) is 0 Å². The van der Waals surface area contributed by atoms with E-state index in [2.05, 4.69) is 0 Å². The maximum absolute atomic E-state index is 10.5. The molecule has 0 aliphatic heterocycles. The van der Waals surface area contributed by atoms with Gasteiger partial charge < -0.3 is 10.5 Å². The Balaban J connectivity index is 0.000000487. The summed E-state index contributed by atoms with van der Waals surface area (Å²) in [6.07, 6.45) is 0.152. The summed E-state index contributed by atoms with van der Waals surface area (Å²) in [6.45, 7) is 3.89. The van der Waals surface area contributed by atoms with E-state index in [9.17, 15) is 4.57 Å². The largest absolute Gasteiger partial charge is 0.510 e. The number of nitrogens with two attached hydrogens (primary N) is 1. The number of hydrogen-bond acceptors (Lipinski definition) is 3. The van der Waals surface area contributed by atoms with Gasteiger partial charge in [0.1, 0.15) is 5.75 Å². The van der Waals surface area contributed by atoms with Gasteiger partial charge in [-0.2, -0.15) is 4.89 Å². The highest BCUT2D eigenvalue weighted by atomic mass is 31.1. The molecule has 0 aliphatic carbocycles. The van der Waals surface area contributed by atoms with Crippen LogP contribution in [-0.2, 0) is 10.7 Å². The van der Waals surface area contributed by atoms with Crippen LogP contribution in [0.3, 0.4) is 0 Å². The molecule has 1 atom stereocenters. The van der Waals surface area contributed by atoms with Gasteiger partial charge in [0, 0.05) is 5.56 Å². The molecule has 0 amide bonds. The van der Waals surface area contributed by atoms with Crippen molar-refractivity contribution < 1.29 is 14.2 Å². The standard InChI is InChI=1S/C8H9O3P.C3H9N/c1-11-8-5-3-2-4-7(8)6-12(9)10;1-3(2)4/h2-5H,6H2,1H3;3H,4H2,1-2H3/p+1. The van der Waals surface area contributed by atoms with E-state index in [1.54, 1.807) is 19.2 Å². The molecule has 90 valence electrons. The van der Waals surface area contributed by atoms with Crippen LogP contribution in [0.1, 0.15) is 19.4 Å². The molecule has 1 unspecified atom stereocenters. The zero-order valence-corrected chi connectivity index (χ0v) is 10.8. The molecule has 1 aromatic carbocycles. The monoisotopic (exact) mass is 244 g/mol. The molecule has 0 saturated carbocycles. The quantitative estimate of drug-likeness (QED) is 0.800. The molecule has 0 radical (unpaired) electrons. The second-order valence-corrected chi connectivity index (χ2v) is 4.59. The Hall–Kier alpha value is -0.960. The van der Waals surface area contributed by atoms with Crippen LogP contribution in [0, 0.1) is 0 Å². The molecule has 1 rings (SSSR count). The summed E-state index contributed by atoms with van der Waals surface area (Å²) in [5, 5.41) is 0. The van der Waals surface area contributed by atoms with E-state index < -0.39 is 8.03 Å². The van der Waals surface area contributed by atoms with Crippen molar-refractivity contribution in [2.45, 2.75) is 26.1 Å². The minimum atomic E-state index is -2.13. The molecular formula is C11H19NO3P+. The second-order valence-electron chi connectivity index (χ2n) is 3.57. The van der Waals surface area contributed by atoms with E-state index in [1.165, 1.54) is 0 Å². The Bertz CT molecular complexity index is 326. The van der Waals surface area contributed by atoms with Gasteiger partial charge in [-0.3, -0.25) is 0 Å². The summed E-state index contributed by atoms with van der Waals surface area (Å²) < 4.78 is 15.5. The SMILES string of the molecule is CC(C)N.COc1ccccc1C[P+](=O)O. The van der Waals surface area contributed by atoms with Crippen LogP contribution >= 0.6 is 8.03 Å². The number of benzene rings is 1. The lowest BCUT2D eigenvalue weighted by Gasteiger charge is -2.01. The lowest BCUT2D eigenvalue weighted by atomic mass is 10.2. The van der Waals surface area contributed by atoms with Gasteiger partial charge in [-0.05, 0) is 16.7 Å². The van der Waals surface area contributed by atoms with Crippen LogP contribution in [-0.4, -0.2) is 18.0 Å². The van der Waals surface area contributed by atoms with Crippen LogP contribution in [0.2, 0.25) is 0 Å². The minimum absolute atomic E-state index is 0.152. The molecule has 3 N–H and O–H groups in total. The fraction of sp³-hybridized carbons (Fsp3) is 0.455. The van der Waals surface area contributed by atoms with E-state index >= 15 is 0 Å². The van der Waals surface area contributed by atoms with Gasteiger partial charge in [-0.15, -0.1) is 0 Å². The Morgan fingerprint density at radius 3 is 2.38 bits per heavy atom. The topological polar surface area (TPSA) is 72.5 Å². The summed E-state index contributed by atoms with van der Waals surface area (Å²) >= 11 is 0. The van der Waals surface area contributed by atoms with Crippen molar-refractivity contribution in [3.63, 3.8) is 0 Å². The molecule has 0 bridgehead atoms. The minimum Gasteiger partial charge on any atom is -0.496 e. The predicted octanol–water partition coefficient (Wildman–Crippen LogP) is 2.28. The van der Waals surface area contributed by atoms with Crippen LogP contribution in [0.25, 0.3) is 0 Å². The summed E-state index contributed by atoms with van der Waals surface area (Å²) in [7, 11) is -0.584. The average molecular weight is 244 g/mol. The van der Waals surface area contributed by atoms with Crippen molar-refractivity contribution in [2.75, 3.05) is 7.11 Å². The lowest BCUT2D eigenvalue weighted by molar-refractivity contribution is 0.410. The van der Waals surface area contributed by atoms with Crippen molar-refractivity contribution >= 4 is 8.03 Å². The first-order valence-electron chi connectivity index (χ1n) is 4.98. The molecule has 1 aromatic rings. The van der Waals surface area contributed by atoms with Crippen molar-refractivity contribution in [1.82, 2.24) is 0 Å². The van der Waals surface area contributed by atoms with Crippen molar-refractivity contribution in [3.05, 3.63) is 29.8 Å². The van der Waals surface area contributed by atoms with Crippen LogP contribution in [0.4, 0.5) is 0 Å². The van der Waals surface area contributed by atoms with Gasteiger partial charge >= 0.3 is 8.03 Å². The molecule has 0 spiro atoms. The fourth-order valence-corrected chi connectivity index (χ4v) is 1.53. The number of ether oxygens (including phenoxy) is 1. The summed E-state index contributed by atoms with van der Waals surface area (Å²) in [5.74, 6) is 0.662. The zero-order chi connectivity index (χ0) is 12.6. The van der Waals surface area contributed by atoms with Crippen LogP contribution in [0.5, 0.6) is 5.75 Å². The molecule has 0 aromatic heterocycles. The maximum atomic E-state index is 10.5. The van der Waals surface area contributed by atoms with E-state index in [0.717, 1.165) is 5.56 Å². The molecule has 4 nitrogen and oxygen atoms in total. The first-order chi connectivity index (χ1) is 7.47. The average Bonchev–Trinajstić information content (AvgIpc) is 2.17. The number of methoxy groups -OCH3 is 1. The molecule has 0 saturated heterocycles. The molecule has 0 aliphatic rings. The van der Waals surface area contributed by atoms with E-state index in [1.807, 2.05) is 26.0 Å². The van der Waals surface area contributed by atoms with E-state index in [-0.39, 0.29) is 6.16 Å². The third-order valence-corrected chi connectivity index (χ3v) is 2.11. The molecule has 0 heterocycles. The van der Waals surface area contributed by atoms with Gasteiger partial charge in [-0.25, -0.2) is 0 Å². The van der Waals surface area contributed by atoms with Gasteiger partial charge in [0.15, 0.2) is 0 Å². The first-order valence-corrected chi connectivity index (χ1v) is 6.38. The fourth-order valence-electron chi connectivity index (χ4n) is 0.979. The van der Waals surface area contributed by atoms with Gasteiger partial charge in [0.2, 0.25) is 6.16 Å². The zero-order valence-electron chi connectivity index (χ0n) is 9.88. The normalized spacial score (nSPS) is 10.5.